The number of rotatable bonds is 1. The summed E-state index contributed by atoms with van der Waals surface area (Å²) in [5.41, 5.74) is 2.03. The number of allylic oxidation sites excluding steroid dienone is 1. The van der Waals surface area contributed by atoms with Gasteiger partial charge in [0.1, 0.15) is 0 Å². The van der Waals surface area contributed by atoms with Crippen LogP contribution in [0.15, 0.2) is 24.8 Å². The highest BCUT2D eigenvalue weighted by Crippen LogP contribution is 2.37. The topological polar surface area (TPSA) is 18.5 Å². The maximum absolute atomic E-state index is 5.31. The largest absolute Gasteiger partial charge is 0.454 e. The van der Waals surface area contributed by atoms with Crippen molar-refractivity contribution in [3.63, 3.8) is 0 Å². The molecule has 1 aliphatic heterocycles. The molecular formula is C10H10O2. The van der Waals surface area contributed by atoms with Gasteiger partial charge in [0.05, 0.1) is 0 Å². The van der Waals surface area contributed by atoms with E-state index in [0.717, 1.165) is 22.6 Å². The van der Waals surface area contributed by atoms with E-state index in [1.54, 1.807) is 0 Å². The van der Waals surface area contributed by atoms with E-state index in [9.17, 15) is 0 Å². The van der Waals surface area contributed by atoms with E-state index in [0.29, 0.717) is 6.79 Å². The van der Waals surface area contributed by atoms with Gasteiger partial charge in [0.2, 0.25) is 6.79 Å². The van der Waals surface area contributed by atoms with Gasteiger partial charge in [-0.1, -0.05) is 18.7 Å². The lowest BCUT2D eigenvalue weighted by atomic mass is 10.1. The van der Waals surface area contributed by atoms with Crippen molar-refractivity contribution in [3.8, 4) is 11.5 Å². The summed E-state index contributed by atoms with van der Waals surface area (Å²) in [5, 5.41) is 0. The first-order chi connectivity index (χ1) is 5.79. The Balaban J connectivity index is 2.56. The van der Waals surface area contributed by atoms with Crippen molar-refractivity contribution < 1.29 is 9.47 Å². The smallest absolute Gasteiger partial charge is 0.231 e. The molecule has 2 heteroatoms. The molecule has 0 radical (unpaired) electrons. The molecule has 0 bridgehead atoms. The van der Waals surface area contributed by atoms with E-state index in [1.165, 1.54) is 0 Å². The fourth-order valence-corrected chi connectivity index (χ4v) is 1.27. The number of ether oxygens (including phenoxy) is 2. The van der Waals surface area contributed by atoms with Crippen LogP contribution < -0.4 is 9.47 Å². The van der Waals surface area contributed by atoms with Crippen molar-refractivity contribution in [1.82, 2.24) is 0 Å². The maximum Gasteiger partial charge on any atom is 0.231 e. The van der Waals surface area contributed by atoms with E-state index in [4.69, 9.17) is 9.47 Å². The minimum absolute atomic E-state index is 0.319. The Morgan fingerprint density at radius 2 is 2.25 bits per heavy atom. The monoisotopic (exact) mass is 162 g/mol. The summed E-state index contributed by atoms with van der Waals surface area (Å²) in [6.45, 7) is 6.14. The highest BCUT2D eigenvalue weighted by molar-refractivity contribution is 5.70. The number of hydrogen-bond acceptors (Lipinski definition) is 2. The van der Waals surface area contributed by atoms with Crippen LogP contribution in [0.2, 0.25) is 0 Å². The van der Waals surface area contributed by atoms with Crippen molar-refractivity contribution >= 4 is 5.57 Å². The first-order valence-corrected chi connectivity index (χ1v) is 3.83. The number of hydrogen-bond donors (Lipinski definition) is 0. The maximum atomic E-state index is 5.31. The standard InChI is InChI=1S/C10H10O2/c1-7(2)8-4-3-5-9-10(8)12-6-11-9/h3-5H,1,6H2,2H3. The molecule has 0 N–H and O–H groups in total. The van der Waals surface area contributed by atoms with E-state index in [-0.39, 0.29) is 0 Å². The molecule has 1 aliphatic rings. The quantitative estimate of drug-likeness (QED) is 0.631. The molecule has 0 fully saturated rings. The Kier molecular flexibility index (Phi) is 1.54. The fourth-order valence-electron chi connectivity index (χ4n) is 1.27. The van der Waals surface area contributed by atoms with Gasteiger partial charge < -0.3 is 9.47 Å². The number of para-hydroxylation sites is 1. The summed E-state index contributed by atoms with van der Waals surface area (Å²) < 4.78 is 10.5. The van der Waals surface area contributed by atoms with Gasteiger partial charge >= 0.3 is 0 Å². The first-order valence-electron chi connectivity index (χ1n) is 3.83. The van der Waals surface area contributed by atoms with Crippen LogP contribution >= 0.6 is 0 Å². The van der Waals surface area contributed by atoms with Crippen molar-refractivity contribution in [1.29, 1.82) is 0 Å². The highest BCUT2D eigenvalue weighted by atomic mass is 16.7. The Bertz CT molecular complexity index is 329. The van der Waals surface area contributed by atoms with Gasteiger partial charge in [0.15, 0.2) is 11.5 Å². The average molecular weight is 162 g/mol. The normalized spacial score (nSPS) is 13.1. The summed E-state index contributed by atoms with van der Waals surface area (Å²) in [7, 11) is 0. The molecule has 0 amide bonds. The molecule has 62 valence electrons. The predicted molar refractivity (Wildman–Crippen MR) is 47.3 cm³/mol. The van der Waals surface area contributed by atoms with Crippen LogP contribution in [0.25, 0.3) is 5.57 Å². The third-order valence-corrected chi connectivity index (χ3v) is 1.86. The Morgan fingerprint density at radius 3 is 3.00 bits per heavy atom. The molecule has 0 atom stereocenters. The second-order valence-corrected chi connectivity index (χ2v) is 2.82. The molecule has 0 aliphatic carbocycles. The molecule has 0 aromatic heterocycles. The number of benzene rings is 1. The zero-order chi connectivity index (χ0) is 8.55. The van der Waals surface area contributed by atoms with Crippen LogP contribution in [0.1, 0.15) is 12.5 Å². The second-order valence-electron chi connectivity index (χ2n) is 2.82. The molecule has 1 aromatic carbocycles. The third-order valence-electron chi connectivity index (χ3n) is 1.86. The summed E-state index contributed by atoms with van der Waals surface area (Å²) in [6.07, 6.45) is 0. The molecule has 1 heterocycles. The van der Waals surface area contributed by atoms with Gasteiger partial charge in [-0.25, -0.2) is 0 Å². The zero-order valence-electron chi connectivity index (χ0n) is 6.96. The summed E-state index contributed by atoms with van der Waals surface area (Å²) in [4.78, 5) is 0. The summed E-state index contributed by atoms with van der Waals surface area (Å²) >= 11 is 0. The lowest BCUT2D eigenvalue weighted by Crippen LogP contribution is -1.93. The van der Waals surface area contributed by atoms with E-state index in [2.05, 4.69) is 6.58 Å². The van der Waals surface area contributed by atoms with Gasteiger partial charge in [-0.2, -0.15) is 0 Å². The predicted octanol–water partition coefficient (Wildman–Crippen LogP) is 2.45. The van der Waals surface area contributed by atoms with Gasteiger partial charge in [-0.05, 0) is 18.6 Å². The molecule has 2 nitrogen and oxygen atoms in total. The first kappa shape index (κ1) is 7.22. The molecule has 0 saturated heterocycles. The molecule has 12 heavy (non-hydrogen) atoms. The molecule has 1 aromatic rings. The van der Waals surface area contributed by atoms with Crippen LogP contribution in [0, 0.1) is 0 Å². The summed E-state index contributed by atoms with van der Waals surface area (Å²) in [5.74, 6) is 1.64. The van der Waals surface area contributed by atoms with E-state index >= 15 is 0 Å². The van der Waals surface area contributed by atoms with Crippen LogP contribution in [-0.4, -0.2) is 6.79 Å². The Hall–Kier alpha value is -1.44. The van der Waals surface area contributed by atoms with Crippen LogP contribution in [-0.2, 0) is 0 Å². The lowest BCUT2D eigenvalue weighted by Gasteiger charge is -2.03. The number of fused-ring (bicyclic) bond motifs is 1. The van der Waals surface area contributed by atoms with Gasteiger partial charge in [0, 0.05) is 5.56 Å². The molecule has 0 saturated carbocycles. The van der Waals surface area contributed by atoms with Crippen molar-refractivity contribution in [2.75, 3.05) is 6.79 Å². The molecule has 0 spiro atoms. The van der Waals surface area contributed by atoms with Crippen LogP contribution in [0.4, 0.5) is 0 Å². The van der Waals surface area contributed by atoms with Crippen LogP contribution in [0.5, 0.6) is 11.5 Å². The van der Waals surface area contributed by atoms with Crippen LogP contribution in [0.3, 0.4) is 0 Å². The minimum Gasteiger partial charge on any atom is -0.454 e. The van der Waals surface area contributed by atoms with Gasteiger partial charge in [-0.3, -0.25) is 0 Å². The fraction of sp³-hybridized carbons (Fsp3) is 0.200. The zero-order valence-corrected chi connectivity index (χ0v) is 6.96. The van der Waals surface area contributed by atoms with E-state index < -0.39 is 0 Å². The summed E-state index contributed by atoms with van der Waals surface area (Å²) in [6, 6.07) is 5.82. The van der Waals surface area contributed by atoms with E-state index in [1.807, 2.05) is 25.1 Å². The average Bonchev–Trinajstić information content (AvgIpc) is 2.49. The lowest BCUT2D eigenvalue weighted by molar-refractivity contribution is 0.173. The van der Waals surface area contributed by atoms with Crippen molar-refractivity contribution in [2.24, 2.45) is 0 Å². The van der Waals surface area contributed by atoms with Crippen molar-refractivity contribution in [2.45, 2.75) is 6.92 Å². The second kappa shape index (κ2) is 2.55. The Morgan fingerprint density at radius 1 is 1.42 bits per heavy atom. The molecule has 2 rings (SSSR count). The molecular weight excluding hydrogens is 152 g/mol. The highest BCUT2D eigenvalue weighted by Gasteiger charge is 2.16. The Labute approximate surface area is 71.4 Å². The SMILES string of the molecule is C=C(C)c1cccc2c1OCO2. The van der Waals surface area contributed by atoms with Crippen molar-refractivity contribution in [3.05, 3.63) is 30.3 Å². The third kappa shape index (κ3) is 0.961. The van der Waals surface area contributed by atoms with Gasteiger partial charge in [-0.15, -0.1) is 0 Å². The molecule has 0 unspecified atom stereocenters. The minimum atomic E-state index is 0.319. The van der Waals surface area contributed by atoms with Gasteiger partial charge in [0.25, 0.3) is 0 Å².